The number of amides is 1. The number of carbonyl (C=O) groups is 1. The highest BCUT2D eigenvalue weighted by Crippen LogP contribution is 2.12. The van der Waals surface area contributed by atoms with Gasteiger partial charge in [-0.3, -0.25) is 14.2 Å². The number of hydrogen-bond acceptors (Lipinski definition) is 3. The molecule has 0 bridgehead atoms. The van der Waals surface area contributed by atoms with Crippen LogP contribution < -0.4 is 5.32 Å². The van der Waals surface area contributed by atoms with E-state index in [4.69, 9.17) is 0 Å². The van der Waals surface area contributed by atoms with Gasteiger partial charge < -0.3 is 5.32 Å². The number of aryl methyl sites for hydroxylation is 2. The molecule has 2 aromatic rings. The van der Waals surface area contributed by atoms with Gasteiger partial charge in [-0.15, -0.1) is 0 Å². The maximum Gasteiger partial charge on any atom is 0.244 e. The summed E-state index contributed by atoms with van der Waals surface area (Å²) in [6, 6.07) is 1.84. The second-order valence-corrected chi connectivity index (χ2v) is 5.14. The Hall–Kier alpha value is -2.37. The van der Waals surface area contributed by atoms with Gasteiger partial charge in [-0.2, -0.15) is 10.2 Å². The van der Waals surface area contributed by atoms with E-state index in [-0.39, 0.29) is 11.9 Å². The van der Waals surface area contributed by atoms with Crippen molar-refractivity contribution in [2.75, 3.05) is 0 Å². The summed E-state index contributed by atoms with van der Waals surface area (Å²) in [5.74, 6) is -0.125. The van der Waals surface area contributed by atoms with Crippen molar-refractivity contribution in [3.63, 3.8) is 0 Å². The first-order valence-electron chi connectivity index (χ1n) is 7.59. The summed E-state index contributed by atoms with van der Waals surface area (Å²) in [6.07, 6.45) is 6.87. The van der Waals surface area contributed by atoms with E-state index in [1.165, 1.54) is 0 Å². The first kappa shape index (κ1) is 16.0. The van der Waals surface area contributed by atoms with Crippen LogP contribution in [-0.4, -0.2) is 25.5 Å². The average Bonchev–Trinajstić information content (AvgIpc) is 3.11. The van der Waals surface area contributed by atoms with Crippen LogP contribution in [0, 0.1) is 6.92 Å². The highest BCUT2D eigenvalue weighted by atomic mass is 16.1. The fourth-order valence-electron chi connectivity index (χ4n) is 2.42. The van der Waals surface area contributed by atoms with Gasteiger partial charge in [0.1, 0.15) is 0 Å². The maximum atomic E-state index is 12.1. The van der Waals surface area contributed by atoms with Gasteiger partial charge in [-0.05, 0) is 39.8 Å². The number of nitrogens with zero attached hydrogens (tertiary/aromatic N) is 4. The van der Waals surface area contributed by atoms with Crippen LogP contribution in [0.5, 0.6) is 0 Å². The minimum Gasteiger partial charge on any atom is -0.344 e. The lowest BCUT2D eigenvalue weighted by molar-refractivity contribution is -0.117. The Morgan fingerprint density at radius 2 is 2.05 bits per heavy atom. The minimum absolute atomic E-state index is 0.0842. The second-order valence-electron chi connectivity index (χ2n) is 5.14. The van der Waals surface area contributed by atoms with Gasteiger partial charge in [0.25, 0.3) is 0 Å². The Morgan fingerprint density at radius 3 is 2.68 bits per heavy atom. The van der Waals surface area contributed by atoms with E-state index in [0.29, 0.717) is 0 Å². The monoisotopic (exact) mass is 301 g/mol. The third-order valence-corrected chi connectivity index (χ3v) is 3.71. The topological polar surface area (TPSA) is 64.7 Å². The zero-order chi connectivity index (χ0) is 16.1. The lowest BCUT2D eigenvalue weighted by atomic mass is 10.2. The Morgan fingerprint density at radius 1 is 1.32 bits per heavy atom. The molecule has 0 aromatic carbocycles. The van der Waals surface area contributed by atoms with E-state index < -0.39 is 0 Å². The molecule has 0 aliphatic heterocycles. The van der Waals surface area contributed by atoms with Crippen LogP contribution in [0.3, 0.4) is 0 Å². The van der Waals surface area contributed by atoms with Crippen LogP contribution >= 0.6 is 0 Å². The molecule has 2 aromatic heterocycles. The van der Waals surface area contributed by atoms with Gasteiger partial charge in [-0.25, -0.2) is 0 Å². The Bertz CT molecular complexity index is 668. The van der Waals surface area contributed by atoms with Crippen LogP contribution in [0.1, 0.15) is 43.8 Å². The summed E-state index contributed by atoms with van der Waals surface area (Å²) in [5, 5.41) is 11.4. The van der Waals surface area contributed by atoms with Crippen molar-refractivity contribution in [3.05, 3.63) is 41.5 Å². The zero-order valence-corrected chi connectivity index (χ0v) is 13.6. The van der Waals surface area contributed by atoms with Gasteiger partial charge in [0.2, 0.25) is 5.91 Å². The summed E-state index contributed by atoms with van der Waals surface area (Å²) < 4.78 is 3.78. The van der Waals surface area contributed by atoms with E-state index in [9.17, 15) is 4.79 Å². The summed E-state index contributed by atoms with van der Waals surface area (Å²) in [6.45, 7) is 9.63. The Labute approximate surface area is 130 Å². The van der Waals surface area contributed by atoms with Crippen molar-refractivity contribution >= 4 is 12.0 Å². The molecule has 1 amide bonds. The standard InChI is InChI=1S/C16H23N5O/c1-5-20-13(4)14(11-18-20)7-8-16(22)19-12(3)15-9-10-17-21(15)6-2/h7-12H,5-6H2,1-4H3,(H,19,22)/b8-7+. The second kappa shape index (κ2) is 7.06. The summed E-state index contributed by atoms with van der Waals surface area (Å²) in [7, 11) is 0. The molecule has 2 heterocycles. The quantitative estimate of drug-likeness (QED) is 0.833. The maximum absolute atomic E-state index is 12.1. The molecule has 0 aliphatic carbocycles. The van der Waals surface area contributed by atoms with Gasteiger partial charge in [0.05, 0.1) is 17.9 Å². The predicted molar refractivity (Wildman–Crippen MR) is 86.1 cm³/mol. The Balaban J connectivity index is 2.00. The largest absolute Gasteiger partial charge is 0.344 e. The molecule has 1 N–H and O–H groups in total. The fourth-order valence-corrected chi connectivity index (χ4v) is 2.42. The van der Waals surface area contributed by atoms with Crippen LogP contribution in [-0.2, 0) is 17.9 Å². The predicted octanol–water partition coefficient (Wildman–Crippen LogP) is 2.32. The lowest BCUT2D eigenvalue weighted by Gasteiger charge is -2.14. The molecule has 1 unspecified atom stereocenters. The summed E-state index contributed by atoms with van der Waals surface area (Å²) >= 11 is 0. The molecule has 0 saturated carbocycles. The van der Waals surface area contributed by atoms with E-state index in [1.807, 2.05) is 43.1 Å². The molecule has 2 rings (SSSR count). The first-order chi connectivity index (χ1) is 10.6. The van der Waals surface area contributed by atoms with E-state index in [1.54, 1.807) is 24.5 Å². The van der Waals surface area contributed by atoms with Crippen molar-refractivity contribution in [2.24, 2.45) is 0 Å². The molecule has 0 fully saturated rings. The van der Waals surface area contributed by atoms with E-state index in [0.717, 1.165) is 30.0 Å². The van der Waals surface area contributed by atoms with Gasteiger partial charge >= 0.3 is 0 Å². The molecule has 0 saturated heterocycles. The molecule has 6 heteroatoms. The molecule has 1 atom stereocenters. The highest BCUT2D eigenvalue weighted by Gasteiger charge is 2.12. The molecule has 0 aliphatic rings. The fraction of sp³-hybridized carbons (Fsp3) is 0.438. The van der Waals surface area contributed by atoms with Crippen molar-refractivity contribution < 1.29 is 4.79 Å². The molecule has 118 valence electrons. The molecule has 22 heavy (non-hydrogen) atoms. The van der Waals surface area contributed by atoms with E-state index in [2.05, 4.69) is 15.5 Å². The third kappa shape index (κ3) is 3.44. The molecule has 0 spiro atoms. The highest BCUT2D eigenvalue weighted by molar-refractivity contribution is 5.92. The smallest absolute Gasteiger partial charge is 0.244 e. The molecular formula is C16H23N5O. The summed E-state index contributed by atoms with van der Waals surface area (Å²) in [4.78, 5) is 12.1. The van der Waals surface area contributed by atoms with Crippen molar-refractivity contribution in [1.82, 2.24) is 24.9 Å². The van der Waals surface area contributed by atoms with E-state index >= 15 is 0 Å². The number of hydrogen-bond donors (Lipinski definition) is 1. The number of nitrogens with one attached hydrogen (secondary N) is 1. The molecule has 0 radical (unpaired) electrons. The molecule has 6 nitrogen and oxygen atoms in total. The van der Waals surface area contributed by atoms with Crippen molar-refractivity contribution in [2.45, 2.75) is 46.8 Å². The Kier molecular flexibility index (Phi) is 5.14. The average molecular weight is 301 g/mol. The van der Waals surface area contributed by atoms with Crippen molar-refractivity contribution in [1.29, 1.82) is 0 Å². The number of rotatable bonds is 6. The van der Waals surface area contributed by atoms with Gasteiger partial charge in [0.15, 0.2) is 0 Å². The number of carbonyl (C=O) groups excluding carboxylic acids is 1. The first-order valence-corrected chi connectivity index (χ1v) is 7.59. The third-order valence-electron chi connectivity index (χ3n) is 3.71. The lowest BCUT2D eigenvalue weighted by Crippen LogP contribution is -2.26. The van der Waals surface area contributed by atoms with Crippen molar-refractivity contribution in [3.8, 4) is 0 Å². The number of aromatic nitrogens is 4. The van der Waals surface area contributed by atoms with Crippen LogP contribution in [0.4, 0.5) is 0 Å². The SMILES string of the molecule is CCn1nccc1C(C)NC(=O)/C=C/c1cnn(CC)c1C. The summed E-state index contributed by atoms with van der Waals surface area (Å²) in [5.41, 5.74) is 3.02. The van der Waals surface area contributed by atoms with Crippen LogP contribution in [0.25, 0.3) is 6.08 Å². The molecular weight excluding hydrogens is 278 g/mol. The zero-order valence-electron chi connectivity index (χ0n) is 13.6. The van der Waals surface area contributed by atoms with Gasteiger partial charge in [0, 0.05) is 36.6 Å². The van der Waals surface area contributed by atoms with Crippen LogP contribution in [0.2, 0.25) is 0 Å². The normalized spacial score (nSPS) is 12.7. The van der Waals surface area contributed by atoms with Gasteiger partial charge in [-0.1, -0.05) is 0 Å². The van der Waals surface area contributed by atoms with Crippen LogP contribution in [0.15, 0.2) is 24.5 Å². The minimum atomic E-state index is -0.125.